The summed E-state index contributed by atoms with van der Waals surface area (Å²) >= 11 is 5.58. The van der Waals surface area contributed by atoms with Crippen molar-refractivity contribution in [2.24, 2.45) is 0 Å². The second kappa shape index (κ2) is 9.36. The molecular weight excluding hydrogens is 408 g/mol. The van der Waals surface area contributed by atoms with Gasteiger partial charge in [0, 0.05) is 0 Å². The number of carbonyl (C=O) groups is 2. The quantitative estimate of drug-likeness (QED) is 0.328. The molecule has 1 fully saturated rings. The van der Waals surface area contributed by atoms with E-state index in [0.29, 0.717) is 5.76 Å². The highest BCUT2D eigenvalue weighted by Gasteiger charge is 2.39. The predicted molar refractivity (Wildman–Crippen MR) is 122 cm³/mol. The Morgan fingerprint density at radius 1 is 0.774 bits per heavy atom. The second-order valence-corrected chi connectivity index (χ2v) is 7.36. The van der Waals surface area contributed by atoms with Gasteiger partial charge in [-0.3, -0.25) is 19.4 Å². The van der Waals surface area contributed by atoms with Crippen molar-refractivity contribution in [2.75, 3.05) is 0 Å². The molecule has 1 aromatic heterocycles. The number of furan rings is 1. The van der Waals surface area contributed by atoms with Gasteiger partial charge in [0.05, 0.1) is 19.4 Å². The van der Waals surface area contributed by atoms with Gasteiger partial charge >= 0.3 is 0 Å². The van der Waals surface area contributed by atoms with E-state index in [0.717, 1.165) is 11.1 Å². The third kappa shape index (κ3) is 4.70. The van der Waals surface area contributed by atoms with Crippen LogP contribution in [0, 0.1) is 0 Å². The van der Waals surface area contributed by atoms with E-state index in [1.165, 1.54) is 15.9 Å². The first kappa shape index (κ1) is 20.5. The van der Waals surface area contributed by atoms with Crippen molar-refractivity contribution in [3.05, 3.63) is 114 Å². The summed E-state index contributed by atoms with van der Waals surface area (Å²) in [7, 11) is 0. The number of benzene rings is 2. The molecule has 154 valence electrons. The van der Waals surface area contributed by atoms with Gasteiger partial charge in [-0.05, 0) is 47.6 Å². The van der Waals surface area contributed by atoms with Crippen molar-refractivity contribution in [1.29, 1.82) is 0 Å². The Bertz CT molecular complexity index is 1070. The van der Waals surface area contributed by atoms with Crippen LogP contribution in [0.5, 0.6) is 0 Å². The van der Waals surface area contributed by atoms with Gasteiger partial charge in [-0.25, -0.2) is 0 Å². The van der Waals surface area contributed by atoms with Crippen molar-refractivity contribution >= 4 is 35.2 Å². The zero-order valence-electron chi connectivity index (χ0n) is 16.7. The number of allylic oxidation sites excluding steroid dienone is 2. The van der Waals surface area contributed by atoms with E-state index >= 15 is 0 Å². The standard InChI is InChI=1S/C25H20N2O3S/c28-23-22(15-7-13-21-14-8-16-30-21)24(29)27(18-20-11-5-2-6-12-20)25(31)26(23)17-19-9-3-1-4-10-19/h1-16H,17-18H2. The van der Waals surface area contributed by atoms with Gasteiger partial charge in [0.2, 0.25) is 0 Å². The minimum atomic E-state index is -0.410. The van der Waals surface area contributed by atoms with E-state index in [9.17, 15) is 9.59 Å². The molecule has 31 heavy (non-hydrogen) atoms. The van der Waals surface area contributed by atoms with Crippen LogP contribution in [0.25, 0.3) is 6.08 Å². The van der Waals surface area contributed by atoms with Gasteiger partial charge in [0.25, 0.3) is 11.8 Å². The summed E-state index contributed by atoms with van der Waals surface area (Å²) in [5.74, 6) is -0.190. The molecular formula is C25H20N2O3S. The lowest BCUT2D eigenvalue weighted by atomic mass is 10.1. The molecule has 3 aromatic rings. The number of hydrogen-bond donors (Lipinski definition) is 0. The van der Waals surface area contributed by atoms with E-state index < -0.39 is 11.8 Å². The smallest absolute Gasteiger partial charge is 0.265 e. The molecule has 6 heteroatoms. The van der Waals surface area contributed by atoms with Crippen molar-refractivity contribution in [3.8, 4) is 0 Å². The summed E-state index contributed by atoms with van der Waals surface area (Å²) < 4.78 is 5.27. The van der Waals surface area contributed by atoms with Crippen molar-refractivity contribution in [3.63, 3.8) is 0 Å². The average Bonchev–Trinajstić information content (AvgIpc) is 3.32. The minimum absolute atomic E-state index is 0.0586. The predicted octanol–water partition coefficient (Wildman–Crippen LogP) is 4.58. The van der Waals surface area contributed by atoms with E-state index in [2.05, 4.69) is 0 Å². The Morgan fingerprint density at radius 2 is 1.32 bits per heavy atom. The molecule has 1 aliphatic rings. The summed E-state index contributed by atoms with van der Waals surface area (Å²) in [6, 6.07) is 22.7. The fraction of sp³-hybridized carbons (Fsp3) is 0.0800. The van der Waals surface area contributed by atoms with Crippen LogP contribution in [0.2, 0.25) is 0 Å². The van der Waals surface area contributed by atoms with Crippen LogP contribution in [0.4, 0.5) is 0 Å². The van der Waals surface area contributed by atoms with Crippen LogP contribution < -0.4 is 0 Å². The van der Waals surface area contributed by atoms with Gasteiger partial charge < -0.3 is 4.42 Å². The number of rotatable bonds is 6. The lowest BCUT2D eigenvalue weighted by Crippen LogP contribution is -2.55. The maximum atomic E-state index is 13.2. The van der Waals surface area contributed by atoms with Gasteiger partial charge in [0.1, 0.15) is 11.3 Å². The van der Waals surface area contributed by atoms with Gasteiger partial charge in [-0.1, -0.05) is 66.7 Å². The van der Waals surface area contributed by atoms with Crippen LogP contribution in [-0.4, -0.2) is 26.7 Å². The van der Waals surface area contributed by atoms with Crippen molar-refractivity contribution < 1.29 is 14.0 Å². The molecule has 0 unspecified atom stereocenters. The maximum absolute atomic E-state index is 13.2. The lowest BCUT2D eigenvalue weighted by molar-refractivity contribution is -0.134. The van der Waals surface area contributed by atoms with E-state index in [1.54, 1.807) is 30.5 Å². The Kier molecular flexibility index (Phi) is 6.19. The zero-order chi connectivity index (χ0) is 21.6. The fourth-order valence-electron chi connectivity index (χ4n) is 3.28. The molecule has 0 radical (unpaired) electrons. The van der Waals surface area contributed by atoms with E-state index in [-0.39, 0.29) is 23.8 Å². The summed E-state index contributed by atoms with van der Waals surface area (Å²) in [5.41, 5.74) is 1.92. The first-order valence-corrected chi connectivity index (χ1v) is 10.2. The lowest BCUT2D eigenvalue weighted by Gasteiger charge is -2.36. The van der Waals surface area contributed by atoms with Crippen LogP contribution in [-0.2, 0) is 22.7 Å². The zero-order valence-corrected chi connectivity index (χ0v) is 17.5. The molecule has 5 nitrogen and oxygen atoms in total. The maximum Gasteiger partial charge on any atom is 0.265 e. The monoisotopic (exact) mass is 428 g/mol. The average molecular weight is 429 g/mol. The van der Waals surface area contributed by atoms with Gasteiger partial charge in [0.15, 0.2) is 5.11 Å². The SMILES string of the molecule is O=C1C(=CC=Cc2ccco2)C(=O)N(Cc2ccccc2)C(=S)N1Cc1ccccc1. The molecule has 1 saturated heterocycles. The summed E-state index contributed by atoms with van der Waals surface area (Å²) in [4.78, 5) is 29.4. The molecule has 0 saturated carbocycles. The highest BCUT2D eigenvalue weighted by molar-refractivity contribution is 7.80. The molecule has 0 spiro atoms. The fourth-order valence-corrected chi connectivity index (χ4v) is 3.58. The van der Waals surface area contributed by atoms with E-state index in [1.807, 2.05) is 60.7 Å². The number of thiocarbonyl (C=S) groups is 1. The van der Waals surface area contributed by atoms with E-state index in [4.69, 9.17) is 16.6 Å². The van der Waals surface area contributed by atoms with Crippen LogP contribution in [0.1, 0.15) is 16.9 Å². The van der Waals surface area contributed by atoms with Crippen molar-refractivity contribution in [1.82, 2.24) is 9.80 Å². The summed E-state index contributed by atoms with van der Waals surface area (Å²) in [6.45, 7) is 0.576. The number of carbonyl (C=O) groups excluding carboxylic acids is 2. The molecule has 0 aliphatic carbocycles. The minimum Gasteiger partial charge on any atom is -0.465 e. The highest BCUT2D eigenvalue weighted by atomic mass is 32.1. The number of hydrogen-bond acceptors (Lipinski definition) is 4. The summed E-state index contributed by atoms with van der Waals surface area (Å²) in [5, 5.41) is 0.204. The molecule has 2 aromatic carbocycles. The van der Waals surface area contributed by atoms with Crippen LogP contribution in [0.3, 0.4) is 0 Å². The first-order valence-electron chi connectivity index (χ1n) is 9.81. The Balaban J connectivity index is 1.66. The number of nitrogens with zero attached hydrogens (tertiary/aromatic N) is 2. The van der Waals surface area contributed by atoms with Gasteiger partial charge in [-0.2, -0.15) is 0 Å². The second-order valence-electron chi connectivity index (χ2n) is 6.99. The first-order chi connectivity index (χ1) is 15.1. The van der Waals surface area contributed by atoms with Crippen LogP contribution in [0.15, 0.2) is 101 Å². The third-order valence-corrected chi connectivity index (χ3v) is 5.29. The molecule has 1 aliphatic heterocycles. The van der Waals surface area contributed by atoms with Crippen LogP contribution >= 0.6 is 12.2 Å². The molecule has 0 N–H and O–H groups in total. The molecule has 0 bridgehead atoms. The molecule has 0 atom stereocenters. The Labute approximate surface area is 185 Å². The summed E-state index contributed by atoms with van der Waals surface area (Å²) in [6.07, 6.45) is 6.42. The molecule has 4 rings (SSSR count). The number of amides is 2. The highest BCUT2D eigenvalue weighted by Crippen LogP contribution is 2.22. The van der Waals surface area contributed by atoms with Gasteiger partial charge in [-0.15, -0.1) is 0 Å². The Hall–Kier alpha value is -3.77. The Morgan fingerprint density at radius 3 is 1.81 bits per heavy atom. The third-order valence-electron chi connectivity index (χ3n) is 4.85. The topological polar surface area (TPSA) is 53.8 Å². The van der Waals surface area contributed by atoms with Crippen molar-refractivity contribution in [2.45, 2.75) is 13.1 Å². The molecule has 2 heterocycles. The molecule has 2 amide bonds. The normalized spacial score (nSPS) is 14.6. The largest absolute Gasteiger partial charge is 0.465 e.